The lowest BCUT2D eigenvalue weighted by Gasteiger charge is -2.29. The molecular weight excluding hydrogens is 508 g/mol. The molecule has 1 aromatic heterocycles. The molecule has 1 unspecified atom stereocenters. The van der Waals surface area contributed by atoms with Crippen molar-refractivity contribution in [2.45, 2.75) is 78.1 Å². The number of thiazole rings is 1. The first kappa shape index (κ1) is 30.3. The third-order valence-corrected chi connectivity index (χ3v) is 6.63. The van der Waals surface area contributed by atoms with Crippen molar-refractivity contribution >= 4 is 23.1 Å². The van der Waals surface area contributed by atoms with E-state index >= 15 is 0 Å². The molecule has 3 rings (SSSR count). The van der Waals surface area contributed by atoms with E-state index in [9.17, 15) is 9.90 Å². The molecule has 0 saturated carbocycles. The molecule has 0 aliphatic heterocycles. The molecule has 210 valence electrons. The van der Waals surface area contributed by atoms with Crippen LogP contribution in [0.5, 0.6) is 5.75 Å². The van der Waals surface area contributed by atoms with Crippen LogP contribution in [-0.2, 0) is 24.2 Å². The summed E-state index contributed by atoms with van der Waals surface area (Å²) in [5.74, 6) is 0.693. The van der Waals surface area contributed by atoms with Gasteiger partial charge in [0, 0.05) is 11.8 Å². The second-order valence-electron chi connectivity index (χ2n) is 11.2. The monoisotopic (exact) mass is 549 g/mol. The zero-order valence-electron chi connectivity index (χ0n) is 23.6. The molecule has 3 aromatic rings. The molecule has 1 heterocycles. The molecule has 0 saturated heterocycles. The van der Waals surface area contributed by atoms with Gasteiger partial charge in [0.15, 0.2) is 0 Å². The molecule has 0 radical (unpaired) electrons. The minimum Gasteiger partial charge on any atom is -0.861 e. The number of ether oxygens (including phenoxy) is 1. The Hall–Kier alpha value is -3.23. The molecule has 2 atom stereocenters. The van der Waals surface area contributed by atoms with Crippen LogP contribution in [0, 0.1) is 5.92 Å². The summed E-state index contributed by atoms with van der Waals surface area (Å²) in [6.45, 7) is 11.1. The number of hydrogen-bond acceptors (Lipinski definition) is 7. The summed E-state index contributed by atoms with van der Waals surface area (Å²) in [5.41, 5.74) is 4.07. The Labute approximate surface area is 236 Å². The third-order valence-electron chi connectivity index (χ3n) is 6.00. The summed E-state index contributed by atoms with van der Waals surface area (Å²) in [6.07, 6.45) is 1.73. The SMILES string of the molecule is CC(C)CCN[C@@H](Cc1cscn1)C(=O)NC(Cc1ccc(OCc2ccccc2)cc1)C([O-])=NC(C)(C)C. The van der Waals surface area contributed by atoms with E-state index in [4.69, 9.17) is 4.74 Å². The maximum atomic E-state index is 13.5. The average Bonchev–Trinajstić information content (AvgIpc) is 3.40. The molecule has 7 nitrogen and oxygen atoms in total. The van der Waals surface area contributed by atoms with Gasteiger partial charge >= 0.3 is 0 Å². The van der Waals surface area contributed by atoms with Crippen molar-refractivity contribution in [3.63, 3.8) is 0 Å². The van der Waals surface area contributed by atoms with Gasteiger partial charge in [-0.05, 0) is 75.2 Å². The number of amides is 1. The van der Waals surface area contributed by atoms with Crippen molar-refractivity contribution in [2.75, 3.05) is 6.54 Å². The van der Waals surface area contributed by atoms with E-state index in [1.54, 1.807) is 5.51 Å². The summed E-state index contributed by atoms with van der Waals surface area (Å²) in [5, 5.41) is 21.6. The van der Waals surface area contributed by atoms with Crippen LogP contribution in [0.2, 0.25) is 0 Å². The third kappa shape index (κ3) is 11.2. The van der Waals surface area contributed by atoms with Gasteiger partial charge in [0.05, 0.1) is 28.8 Å². The molecule has 1 amide bonds. The number of nitrogens with zero attached hydrogens (tertiary/aromatic N) is 2. The Morgan fingerprint density at radius 1 is 1.03 bits per heavy atom. The van der Waals surface area contributed by atoms with Crippen molar-refractivity contribution in [1.29, 1.82) is 0 Å². The lowest BCUT2D eigenvalue weighted by atomic mass is 10.0. The largest absolute Gasteiger partial charge is 0.861 e. The summed E-state index contributed by atoms with van der Waals surface area (Å²) >= 11 is 1.50. The molecule has 2 N–H and O–H groups in total. The number of hydrogen-bond donors (Lipinski definition) is 2. The first-order valence-corrected chi connectivity index (χ1v) is 14.5. The number of carbonyl (C=O) groups is 1. The average molecular weight is 550 g/mol. The minimum atomic E-state index is -0.780. The fourth-order valence-corrected chi connectivity index (χ4v) is 4.50. The van der Waals surface area contributed by atoms with Crippen LogP contribution in [0.1, 0.15) is 57.9 Å². The van der Waals surface area contributed by atoms with Gasteiger partial charge in [-0.25, -0.2) is 4.98 Å². The van der Waals surface area contributed by atoms with Crippen molar-refractivity contribution in [2.24, 2.45) is 10.9 Å². The molecule has 0 fully saturated rings. The molecule has 0 aliphatic carbocycles. The predicted molar refractivity (Wildman–Crippen MR) is 157 cm³/mol. The maximum absolute atomic E-state index is 13.5. The number of aromatic nitrogens is 1. The molecule has 0 spiro atoms. The van der Waals surface area contributed by atoms with Gasteiger partial charge in [0.1, 0.15) is 12.4 Å². The maximum Gasteiger partial charge on any atom is 0.238 e. The van der Waals surface area contributed by atoms with E-state index in [2.05, 4.69) is 34.5 Å². The van der Waals surface area contributed by atoms with Crippen LogP contribution in [0.25, 0.3) is 0 Å². The van der Waals surface area contributed by atoms with Gasteiger partial charge in [-0.1, -0.05) is 56.3 Å². The van der Waals surface area contributed by atoms with Crippen molar-refractivity contribution < 1.29 is 14.6 Å². The van der Waals surface area contributed by atoms with Gasteiger partial charge in [0.25, 0.3) is 0 Å². The Kier molecular flexibility index (Phi) is 11.5. The van der Waals surface area contributed by atoms with E-state index in [0.717, 1.165) is 29.0 Å². The highest BCUT2D eigenvalue weighted by atomic mass is 32.1. The fourth-order valence-electron chi connectivity index (χ4n) is 3.93. The van der Waals surface area contributed by atoms with Crippen LogP contribution in [0.15, 0.2) is 70.5 Å². The van der Waals surface area contributed by atoms with Crippen LogP contribution >= 0.6 is 11.3 Å². The van der Waals surface area contributed by atoms with E-state index < -0.39 is 17.6 Å². The van der Waals surface area contributed by atoms with Crippen LogP contribution in [0.4, 0.5) is 0 Å². The first-order valence-electron chi connectivity index (χ1n) is 13.5. The highest BCUT2D eigenvalue weighted by Gasteiger charge is 2.23. The van der Waals surface area contributed by atoms with Crippen molar-refractivity contribution in [3.8, 4) is 5.75 Å². The summed E-state index contributed by atoms with van der Waals surface area (Å²) in [7, 11) is 0. The van der Waals surface area contributed by atoms with E-state index in [0.29, 0.717) is 31.9 Å². The van der Waals surface area contributed by atoms with Gasteiger partial charge < -0.3 is 20.5 Å². The molecular formula is C31H41N4O3S-. The highest BCUT2D eigenvalue weighted by molar-refractivity contribution is 7.07. The zero-order valence-corrected chi connectivity index (χ0v) is 24.5. The number of rotatable bonds is 14. The second-order valence-corrected chi connectivity index (χ2v) is 11.9. The van der Waals surface area contributed by atoms with Crippen molar-refractivity contribution in [3.05, 3.63) is 82.3 Å². The van der Waals surface area contributed by atoms with E-state index in [1.165, 1.54) is 11.3 Å². The van der Waals surface area contributed by atoms with Gasteiger partial charge in [-0.2, -0.15) is 0 Å². The van der Waals surface area contributed by atoms with E-state index in [1.807, 2.05) is 80.7 Å². The molecule has 39 heavy (non-hydrogen) atoms. The predicted octanol–water partition coefficient (Wildman–Crippen LogP) is 4.55. The smallest absolute Gasteiger partial charge is 0.238 e. The normalized spacial score (nSPS) is 13.7. The van der Waals surface area contributed by atoms with Crippen molar-refractivity contribution in [1.82, 2.24) is 15.6 Å². The Morgan fingerprint density at radius 3 is 2.36 bits per heavy atom. The molecule has 2 aromatic carbocycles. The van der Waals surface area contributed by atoms with Gasteiger partial charge in [0.2, 0.25) is 5.91 Å². The quantitative estimate of drug-likeness (QED) is 0.227. The van der Waals surface area contributed by atoms with Gasteiger partial charge in [-0.3, -0.25) is 9.79 Å². The Morgan fingerprint density at radius 2 is 1.74 bits per heavy atom. The number of carbonyl (C=O) groups excluding carboxylic acids is 1. The fraction of sp³-hybridized carbons (Fsp3) is 0.452. The molecule has 0 aliphatic rings. The number of aliphatic imine (C=N–C) groups is 1. The second kappa shape index (κ2) is 14.8. The summed E-state index contributed by atoms with van der Waals surface area (Å²) in [6, 6.07) is 16.3. The Balaban J connectivity index is 1.72. The number of benzene rings is 2. The summed E-state index contributed by atoms with van der Waals surface area (Å²) in [4.78, 5) is 22.2. The van der Waals surface area contributed by atoms with E-state index in [-0.39, 0.29) is 11.8 Å². The molecule has 0 bridgehead atoms. The zero-order chi connectivity index (χ0) is 28.3. The first-order chi connectivity index (χ1) is 18.6. The molecule has 8 heteroatoms. The standard InChI is InChI=1S/C31H42N4O3S/c1-22(2)15-16-32-27(18-25-20-39-21-33-25)29(36)34-28(30(37)35-31(3,4)5)17-23-11-13-26(14-12-23)38-19-24-9-7-6-8-10-24/h6-14,20-22,27-28,32H,15-19H2,1-5H3,(H,34,36)(H,35,37)/p-1/t27-,28?/m0/s1. The van der Waals surface area contributed by atoms with Crippen LogP contribution < -0.4 is 20.5 Å². The Bertz CT molecular complexity index is 1160. The summed E-state index contributed by atoms with van der Waals surface area (Å²) < 4.78 is 5.90. The minimum absolute atomic E-state index is 0.225. The lowest BCUT2D eigenvalue weighted by Crippen LogP contribution is -2.54. The van der Waals surface area contributed by atoms with Gasteiger partial charge in [-0.15, -0.1) is 11.3 Å². The highest BCUT2D eigenvalue weighted by Crippen LogP contribution is 2.17. The lowest BCUT2D eigenvalue weighted by molar-refractivity contribution is -0.222. The van der Waals surface area contributed by atoms with Crippen LogP contribution in [0.3, 0.4) is 0 Å². The number of nitrogens with one attached hydrogen (secondary N) is 2. The van der Waals surface area contributed by atoms with Crippen LogP contribution in [-0.4, -0.2) is 41.0 Å². The topological polar surface area (TPSA) is 98.7 Å².